The van der Waals surface area contributed by atoms with Crippen LogP contribution in [0.3, 0.4) is 0 Å². The second kappa shape index (κ2) is 30.9. The molecule has 0 fully saturated rings. The Morgan fingerprint density at radius 2 is 0.496 bits per heavy atom. The van der Waals surface area contributed by atoms with Crippen molar-refractivity contribution >= 4 is 43.6 Å². The Morgan fingerprint density at radius 3 is 0.764 bits per heavy atom. The summed E-state index contributed by atoms with van der Waals surface area (Å²) in [5.74, 6) is 5.45. The zero-order valence-electron chi connectivity index (χ0n) is 65.6. The third-order valence-electron chi connectivity index (χ3n) is 22.1. The quantitative estimate of drug-likeness (QED) is 0.0889. The van der Waals surface area contributed by atoms with Gasteiger partial charge in [-0.25, -0.2) is 59.8 Å². The molecule has 6 aromatic heterocycles. The molecule has 0 bridgehead atoms. The molecule has 15 aromatic carbocycles. The maximum Gasteiger partial charge on any atom is 0.417 e. The Labute approximate surface area is 703 Å². The molecule has 6 heterocycles. The van der Waals surface area contributed by atoms with Gasteiger partial charge in [0.2, 0.25) is 0 Å². The summed E-state index contributed by atoms with van der Waals surface area (Å²) in [5, 5.41) is 15.1. The number of fused-ring (bicyclic) bond motifs is 6. The SMILES string of the molecule is Cc1ccc(-c2ccc(-n3c4ccc(-c5nc(-c6ccccc6)nc(-c6ccccc6)n5)cc4c4cc(-c5nc(-c6ccccc6)nc(-c6ccccc6)n5)ccc43)c(-c3c(C#N)cccc3-n3c4ccc(-c5nc(-c6ccccc6)nc(-c6ccccc6)n5)cc4c4cc(-c5nc(-c6ccccc6)nc(-c6ccccc6)n5)ccc43)c2)c(C(F)(F)F)c1. The van der Waals surface area contributed by atoms with Crippen molar-refractivity contribution in [2.45, 2.75) is 13.1 Å². The second-order valence-electron chi connectivity index (χ2n) is 29.8. The third-order valence-corrected chi connectivity index (χ3v) is 22.1. The minimum atomic E-state index is -4.77. The highest BCUT2D eigenvalue weighted by molar-refractivity contribution is 6.14. The van der Waals surface area contributed by atoms with Gasteiger partial charge in [0.25, 0.3) is 0 Å². The van der Waals surface area contributed by atoms with Crippen LogP contribution in [0, 0.1) is 18.3 Å². The van der Waals surface area contributed by atoms with Crippen LogP contribution in [-0.4, -0.2) is 68.9 Å². The van der Waals surface area contributed by atoms with Gasteiger partial charge in [0.1, 0.15) is 0 Å². The minimum absolute atomic E-state index is 0.0529. The first kappa shape index (κ1) is 73.8. The molecule has 0 radical (unpaired) electrons. The maximum absolute atomic E-state index is 16.0. The predicted octanol–water partition coefficient (Wildman–Crippen LogP) is 25.2. The number of hydrogen-bond donors (Lipinski definition) is 0. The lowest BCUT2D eigenvalue weighted by Crippen LogP contribution is -2.08. The van der Waals surface area contributed by atoms with E-state index in [2.05, 4.69) is 39.5 Å². The highest BCUT2D eigenvalue weighted by atomic mass is 19.4. The van der Waals surface area contributed by atoms with E-state index in [1.165, 1.54) is 12.1 Å². The number of benzene rings is 15. The summed E-state index contributed by atoms with van der Waals surface area (Å²) in [5.41, 5.74) is 13.8. The molecule has 0 aliphatic carbocycles. The lowest BCUT2D eigenvalue weighted by atomic mass is 9.91. The first-order valence-corrected chi connectivity index (χ1v) is 40.0. The first-order valence-electron chi connectivity index (χ1n) is 40.0. The van der Waals surface area contributed by atoms with Gasteiger partial charge in [-0.15, -0.1) is 0 Å². The van der Waals surface area contributed by atoms with Crippen molar-refractivity contribution in [2.75, 3.05) is 0 Å². The molecule has 0 spiro atoms. The molecule has 18 heteroatoms. The van der Waals surface area contributed by atoms with Crippen molar-refractivity contribution in [2.24, 2.45) is 0 Å². The van der Waals surface area contributed by atoms with Crippen LogP contribution in [0.25, 0.3) is 214 Å². The fourth-order valence-corrected chi connectivity index (χ4v) is 16.2. The molecule has 0 amide bonds. The number of aromatic nitrogens is 14. The fraction of sp³-hybridized carbons (Fsp3) is 0.0190. The van der Waals surface area contributed by atoms with E-state index in [0.29, 0.717) is 142 Å². The fourth-order valence-electron chi connectivity index (χ4n) is 16.2. The topological polar surface area (TPSA) is 188 Å². The number of halogens is 3. The summed E-state index contributed by atoms with van der Waals surface area (Å²) in [6.07, 6.45) is -4.77. The van der Waals surface area contributed by atoms with Crippen LogP contribution >= 0.6 is 0 Å². The van der Waals surface area contributed by atoms with Gasteiger partial charge in [0.05, 0.1) is 50.6 Å². The van der Waals surface area contributed by atoms with E-state index >= 15 is 13.2 Å². The van der Waals surface area contributed by atoms with Gasteiger partial charge in [-0.3, -0.25) is 0 Å². The van der Waals surface area contributed by atoms with Crippen molar-refractivity contribution in [1.82, 2.24) is 68.9 Å². The van der Waals surface area contributed by atoms with Crippen LogP contribution < -0.4 is 0 Å². The Balaban J connectivity index is 0.838. The van der Waals surface area contributed by atoms with Gasteiger partial charge in [-0.05, 0) is 121 Å². The molecule has 0 atom stereocenters. The van der Waals surface area contributed by atoms with Crippen molar-refractivity contribution in [3.63, 3.8) is 0 Å². The van der Waals surface area contributed by atoms with E-state index in [-0.39, 0.29) is 16.7 Å². The second-order valence-corrected chi connectivity index (χ2v) is 29.8. The highest BCUT2D eigenvalue weighted by Gasteiger charge is 2.35. The molecule has 580 valence electrons. The minimum Gasteiger partial charge on any atom is -0.309 e. The van der Waals surface area contributed by atoms with Crippen LogP contribution in [0.1, 0.15) is 16.7 Å². The van der Waals surface area contributed by atoms with Crippen molar-refractivity contribution in [3.8, 4) is 176 Å². The number of hydrogen-bond acceptors (Lipinski definition) is 13. The molecule has 21 aromatic rings. The van der Waals surface area contributed by atoms with E-state index in [0.717, 1.165) is 66.1 Å². The molecule has 15 nitrogen and oxygen atoms in total. The zero-order chi connectivity index (χ0) is 82.7. The van der Waals surface area contributed by atoms with Crippen molar-refractivity contribution < 1.29 is 13.2 Å². The van der Waals surface area contributed by atoms with Crippen LogP contribution in [0.2, 0.25) is 0 Å². The van der Waals surface area contributed by atoms with E-state index in [1.54, 1.807) is 31.2 Å². The van der Waals surface area contributed by atoms with E-state index in [1.807, 2.05) is 309 Å². The molecule has 123 heavy (non-hydrogen) atoms. The normalized spacial score (nSPS) is 11.6. The predicted molar refractivity (Wildman–Crippen MR) is 479 cm³/mol. The van der Waals surface area contributed by atoms with Gasteiger partial charge in [-0.1, -0.05) is 272 Å². The van der Waals surface area contributed by atoms with Crippen molar-refractivity contribution in [1.29, 1.82) is 5.26 Å². The molecule has 0 unspecified atom stereocenters. The molecular weight excluding hydrogens is 1530 g/mol. The summed E-state index contributed by atoms with van der Waals surface area (Å²) in [6.45, 7) is 1.65. The molecular formula is C105H64F3N15. The highest BCUT2D eigenvalue weighted by Crippen LogP contribution is 2.48. The Morgan fingerprint density at radius 1 is 0.236 bits per heavy atom. The lowest BCUT2D eigenvalue weighted by Gasteiger charge is -2.21. The molecule has 0 aliphatic heterocycles. The Bertz CT molecular complexity index is 7130. The van der Waals surface area contributed by atoms with Gasteiger partial charge in [0, 0.05) is 99.4 Å². The number of aryl methyl sites for hydroxylation is 1. The maximum atomic E-state index is 16.0. The Kier molecular flexibility index (Phi) is 18.6. The first-order chi connectivity index (χ1) is 60.4. The third kappa shape index (κ3) is 14.0. The number of nitriles is 1. The van der Waals surface area contributed by atoms with E-state index in [9.17, 15) is 5.26 Å². The van der Waals surface area contributed by atoms with E-state index in [4.69, 9.17) is 59.8 Å². The van der Waals surface area contributed by atoms with Gasteiger partial charge < -0.3 is 9.13 Å². The van der Waals surface area contributed by atoms with Gasteiger partial charge in [-0.2, -0.15) is 18.4 Å². The van der Waals surface area contributed by atoms with Crippen LogP contribution in [0.5, 0.6) is 0 Å². The lowest BCUT2D eigenvalue weighted by molar-refractivity contribution is -0.137. The number of nitrogens with zero attached hydrogens (tertiary/aromatic N) is 15. The average molecular weight is 1590 g/mol. The molecule has 0 aliphatic rings. The average Bonchev–Trinajstić information content (AvgIpc) is 1.58. The van der Waals surface area contributed by atoms with Crippen LogP contribution in [-0.2, 0) is 6.18 Å². The summed E-state index contributed by atoms with van der Waals surface area (Å²) >= 11 is 0. The monoisotopic (exact) mass is 1590 g/mol. The van der Waals surface area contributed by atoms with Crippen LogP contribution in [0.4, 0.5) is 13.2 Å². The van der Waals surface area contributed by atoms with Gasteiger partial charge in [0.15, 0.2) is 69.9 Å². The summed E-state index contributed by atoms with van der Waals surface area (Å²) < 4.78 is 52.2. The van der Waals surface area contributed by atoms with E-state index < -0.39 is 11.7 Å². The molecule has 0 saturated carbocycles. The summed E-state index contributed by atoms with van der Waals surface area (Å²) in [7, 11) is 0. The molecule has 0 saturated heterocycles. The largest absolute Gasteiger partial charge is 0.417 e. The number of rotatable bonds is 16. The van der Waals surface area contributed by atoms with Crippen LogP contribution in [0.15, 0.2) is 370 Å². The van der Waals surface area contributed by atoms with Crippen molar-refractivity contribution in [3.05, 3.63) is 387 Å². The Hall–Kier alpha value is -16.8. The smallest absolute Gasteiger partial charge is 0.309 e. The number of alkyl halides is 3. The molecule has 21 rings (SSSR count). The molecule has 0 N–H and O–H groups in total. The summed E-state index contributed by atoms with van der Waals surface area (Å²) in [6, 6.07) is 121. The zero-order valence-corrected chi connectivity index (χ0v) is 65.6. The standard InChI is InChI=1S/C105H64F3N15/c1-64-45-51-79(85(57-64)105(106,107)108)73-46-52-90(122-86-53-47-74(101-114-93(65-27-10-2-11-28-65)110-94(115-101)66-29-12-3-13-30-66)59-80(86)81-60-75(48-54-87(81)122)102-116-95(67-31-14-4-15-32-67)111-96(117-102)68-33-16-5-17-34-68)84(58-73)92-78(63-109)43-26-44-91(92)123-88-55-49-76(103-118-97(69-35-18-6-19-36-69)112-98(119-103)70-37-20-7-21-38-70)61-82(88)83-62-77(50-56-89(83)123)104-120-99(71-39-22-8-23-40-71)113-100(121-104)72-41-24-9-25-42-72/h2-62H,1H3. The summed E-state index contributed by atoms with van der Waals surface area (Å²) in [4.78, 5) is 62.0. The van der Waals surface area contributed by atoms with Gasteiger partial charge >= 0.3 is 6.18 Å².